The van der Waals surface area contributed by atoms with E-state index in [1.807, 2.05) is 6.92 Å². The monoisotopic (exact) mass is 310 g/mol. The van der Waals surface area contributed by atoms with Gasteiger partial charge in [0, 0.05) is 35.1 Å². The first kappa shape index (κ1) is 14.6. The van der Waals surface area contributed by atoms with E-state index in [1.54, 1.807) is 6.07 Å². The highest BCUT2D eigenvalue weighted by atomic mass is 19.4. The van der Waals surface area contributed by atoms with Crippen LogP contribution in [0.4, 0.5) is 18.9 Å². The number of carbonyl (C=O) groups is 1. The minimum absolute atomic E-state index is 0.0537. The van der Waals surface area contributed by atoms with E-state index in [9.17, 15) is 22.8 Å². The summed E-state index contributed by atoms with van der Waals surface area (Å²) in [5.74, 6) is -0.107. The molecule has 7 heteroatoms. The molecule has 0 aliphatic carbocycles. The Morgan fingerprint density at radius 1 is 1.23 bits per heavy atom. The van der Waals surface area contributed by atoms with Crippen molar-refractivity contribution in [2.75, 3.05) is 4.90 Å². The predicted octanol–water partition coefficient (Wildman–Crippen LogP) is 3.06. The average molecular weight is 310 g/mol. The van der Waals surface area contributed by atoms with Crippen LogP contribution in [0.3, 0.4) is 0 Å². The molecule has 1 atom stereocenters. The molecule has 4 nitrogen and oxygen atoms in total. The second kappa shape index (κ2) is 4.86. The molecule has 1 aromatic heterocycles. The van der Waals surface area contributed by atoms with Gasteiger partial charge in [0.25, 0.3) is 0 Å². The third kappa shape index (κ3) is 2.36. The van der Waals surface area contributed by atoms with Crippen LogP contribution in [0.5, 0.6) is 0 Å². The molecule has 1 saturated heterocycles. The van der Waals surface area contributed by atoms with Gasteiger partial charge in [-0.25, -0.2) is 0 Å². The first-order valence-electron chi connectivity index (χ1n) is 6.84. The number of amides is 1. The largest absolute Gasteiger partial charge is 0.417 e. The molecular weight excluding hydrogens is 297 g/mol. The molecule has 3 rings (SSSR count). The van der Waals surface area contributed by atoms with Crippen LogP contribution >= 0.6 is 0 Å². The van der Waals surface area contributed by atoms with Crippen molar-refractivity contribution in [1.82, 2.24) is 4.98 Å². The summed E-state index contributed by atoms with van der Waals surface area (Å²) >= 11 is 0. The summed E-state index contributed by atoms with van der Waals surface area (Å²) < 4.78 is 39.4. The summed E-state index contributed by atoms with van der Waals surface area (Å²) in [5.41, 5.74) is -1.28. The molecule has 0 spiro atoms. The molecule has 2 heterocycles. The number of carbonyl (C=O) groups excluding carboxylic acids is 1. The number of fused-ring (bicyclic) bond motifs is 1. The molecule has 1 aromatic carbocycles. The van der Waals surface area contributed by atoms with Crippen LogP contribution in [0, 0.1) is 0 Å². The fourth-order valence-electron chi connectivity index (χ4n) is 2.85. The summed E-state index contributed by atoms with van der Waals surface area (Å²) in [6.07, 6.45) is -3.57. The number of pyridine rings is 1. The molecule has 116 valence electrons. The van der Waals surface area contributed by atoms with Crippen molar-refractivity contribution in [2.45, 2.75) is 32.0 Å². The van der Waals surface area contributed by atoms with Gasteiger partial charge in [0.1, 0.15) is 0 Å². The number of rotatable bonds is 1. The molecule has 2 aromatic rings. The maximum atomic E-state index is 13.1. The summed E-state index contributed by atoms with van der Waals surface area (Å²) in [7, 11) is 0. The van der Waals surface area contributed by atoms with Gasteiger partial charge in [-0.1, -0.05) is 0 Å². The number of anilines is 1. The first-order valence-corrected chi connectivity index (χ1v) is 6.84. The lowest BCUT2D eigenvalue weighted by molar-refractivity contribution is -0.136. The molecule has 1 N–H and O–H groups in total. The van der Waals surface area contributed by atoms with Crippen molar-refractivity contribution in [2.24, 2.45) is 0 Å². The van der Waals surface area contributed by atoms with Crippen molar-refractivity contribution in [3.05, 3.63) is 40.2 Å². The lowest BCUT2D eigenvalue weighted by Gasteiger charge is -2.22. The highest BCUT2D eigenvalue weighted by Gasteiger charge is 2.34. The van der Waals surface area contributed by atoms with E-state index in [-0.39, 0.29) is 22.9 Å². The number of nitrogens with one attached hydrogen (secondary N) is 1. The molecule has 22 heavy (non-hydrogen) atoms. The molecule has 1 amide bonds. The molecular formula is C15H13F3N2O2. The van der Waals surface area contributed by atoms with Crippen LogP contribution in [0.2, 0.25) is 0 Å². The second-order valence-electron chi connectivity index (χ2n) is 5.43. The number of alkyl halides is 3. The highest BCUT2D eigenvalue weighted by molar-refractivity contribution is 5.98. The van der Waals surface area contributed by atoms with Crippen LogP contribution in [-0.2, 0) is 11.0 Å². The number of hydrogen-bond donors (Lipinski definition) is 1. The molecule has 0 bridgehead atoms. The maximum absolute atomic E-state index is 13.1. The van der Waals surface area contributed by atoms with E-state index >= 15 is 0 Å². The van der Waals surface area contributed by atoms with Gasteiger partial charge in [-0.2, -0.15) is 13.2 Å². The summed E-state index contributed by atoms with van der Waals surface area (Å²) in [6.45, 7) is 1.85. The molecule has 1 unspecified atom stereocenters. The number of H-pyrrole nitrogens is 1. The Morgan fingerprint density at radius 2 is 1.95 bits per heavy atom. The van der Waals surface area contributed by atoms with Gasteiger partial charge in [-0.05, 0) is 31.5 Å². The normalized spacial score (nSPS) is 19.2. The third-order valence-electron chi connectivity index (χ3n) is 3.90. The predicted molar refractivity (Wildman–Crippen MR) is 75.8 cm³/mol. The van der Waals surface area contributed by atoms with Crippen molar-refractivity contribution in [3.8, 4) is 0 Å². The summed E-state index contributed by atoms with van der Waals surface area (Å²) in [4.78, 5) is 27.2. The van der Waals surface area contributed by atoms with Crippen LogP contribution in [0.15, 0.2) is 29.1 Å². The Morgan fingerprint density at radius 3 is 2.55 bits per heavy atom. The Balaban J connectivity index is 2.23. The molecule has 1 aliphatic rings. The maximum Gasteiger partial charge on any atom is 0.417 e. The van der Waals surface area contributed by atoms with Gasteiger partial charge in [-0.3, -0.25) is 9.59 Å². The minimum Gasteiger partial charge on any atom is -0.322 e. The second-order valence-corrected chi connectivity index (χ2v) is 5.43. The van der Waals surface area contributed by atoms with Crippen molar-refractivity contribution >= 4 is 22.5 Å². The Bertz CT molecular complexity index is 811. The lowest BCUT2D eigenvalue weighted by Crippen LogP contribution is -2.30. The van der Waals surface area contributed by atoms with E-state index in [2.05, 4.69) is 4.98 Å². The molecule has 0 radical (unpaired) electrons. The fraction of sp³-hybridized carbons (Fsp3) is 0.333. The summed E-state index contributed by atoms with van der Waals surface area (Å²) in [6, 6.07) is 4.76. The van der Waals surface area contributed by atoms with Crippen molar-refractivity contribution < 1.29 is 18.0 Å². The number of halogens is 3. The molecule has 0 saturated carbocycles. The zero-order valence-corrected chi connectivity index (χ0v) is 11.7. The zero-order valence-electron chi connectivity index (χ0n) is 11.7. The van der Waals surface area contributed by atoms with E-state index in [0.717, 1.165) is 0 Å². The fourth-order valence-corrected chi connectivity index (χ4v) is 2.85. The summed E-state index contributed by atoms with van der Waals surface area (Å²) in [5, 5.41) is -0.114. The van der Waals surface area contributed by atoms with Gasteiger partial charge >= 0.3 is 6.18 Å². The van der Waals surface area contributed by atoms with Crippen LogP contribution in [-0.4, -0.2) is 16.9 Å². The minimum atomic E-state index is -4.63. The number of hydrogen-bond acceptors (Lipinski definition) is 2. The Hall–Kier alpha value is -2.31. The number of aromatic amines is 1. The zero-order chi connectivity index (χ0) is 16.1. The van der Waals surface area contributed by atoms with Gasteiger partial charge in [0.2, 0.25) is 11.5 Å². The number of nitrogens with zero attached hydrogens (tertiary/aromatic N) is 1. The van der Waals surface area contributed by atoms with E-state index in [1.165, 1.54) is 17.0 Å². The van der Waals surface area contributed by atoms with E-state index in [4.69, 9.17) is 0 Å². The SMILES string of the molecule is CC1CCC(=O)N1c1ccc2[nH]c(=O)cc(C(F)(F)F)c2c1. The van der Waals surface area contributed by atoms with E-state index < -0.39 is 17.3 Å². The van der Waals surface area contributed by atoms with Gasteiger partial charge in [-0.15, -0.1) is 0 Å². The number of benzene rings is 1. The van der Waals surface area contributed by atoms with Crippen molar-refractivity contribution in [1.29, 1.82) is 0 Å². The van der Waals surface area contributed by atoms with Crippen LogP contribution in [0.1, 0.15) is 25.3 Å². The molecule has 1 aliphatic heterocycles. The number of aromatic nitrogens is 1. The standard InChI is InChI=1S/C15H13F3N2O2/c1-8-2-5-14(22)20(8)9-3-4-12-10(6-9)11(15(16,17)18)7-13(21)19-12/h3-4,6-8H,2,5H2,1H3,(H,19,21). The third-order valence-corrected chi connectivity index (χ3v) is 3.90. The topological polar surface area (TPSA) is 53.2 Å². The van der Waals surface area contributed by atoms with Crippen molar-refractivity contribution in [3.63, 3.8) is 0 Å². The highest BCUT2D eigenvalue weighted by Crippen LogP contribution is 2.36. The van der Waals surface area contributed by atoms with Crippen LogP contribution < -0.4 is 10.5 Å². The lowest BCUT2D eigenvalue weighted by atomic mass is 10.1. The van der Waals surface area contributed by atoms with E-state index in [0.29, 0.717) is 24.6 Å². The Labute approximate surface area is 123 Å². The van der Waals surface area contributed by atoms with Gasteiger partial charge in [0.15, 0.2) is 0 Å². The van der Waals surface area contributed by atoms with Gasteiger partial charge < -0.3 is 9.88 Å². The van der Waals surface area contributed by atoms with Gasteiger partial charge in [0.05, 0.1) is 5.56 Å². The quantitative estimate of drug-likeness (QED) is 0.880. The Kier molecular flexibility index (Phi) is 3.23. The van der Waals surface area contributed by atoms with Crippen LogP contribution in [0.25, 0.3) is 10.9 Å². The first-order chi connectivity index (χ1) is 10.3. The average Bonchev–Trinajstić information content (AvgIpc) is 2.76. The molecule has 1 fully saturated rings. The smallest absolute Gasteiger partial charge is 0.322 e.